The molecule has 0 radical (unpaired) electrons. The normalized spacial score (nSPS) is 12.0. The highest BCUT2D eigenvalue weighted by Gasteiger charge is 2.13. The molecule has 2 N–H and O–H groups in total. The van der Waals surface area contributed by atoms with Crippen molar-refractivity contribution in [2.75, 3.05) is 25.6 Å². The van der Waals surface area contributed by atoms with Crippen LogP contribution in [-0.4, -0.2) is 32.2 Å². The van der Waals surface area contributed by atoms with Crippen LogP contribution in [0.3, 0.4) is 0 Å². The van der Waals surface area contributed by atoms with Gasteiger partial charge in [-0.15, -0.1) is 0 Å². The van der Waals surface area contributed by atoms with E-state index in [1.54, 1.807) is 7.11 Å². The predicted octanol–water partition coefficient (Wildman–Crippen LogP) is 2.60. The van der Waals surface area contributed by atoms with Gasteiger partial charge in [0.25, 0.3) is 0 Å². The number of nitrogens with one attached hydrogen (secondary N) is 2. The van der Waals surface area contributed by atoms with Crippen LogP contribution in [0.4, 0.5) is 5.69 Å². The van der Waals surface area contributed by atoms with E-state index < -0.39 is 0 Å². The molecule has 1 atom stereocenters. The van der Waals surface area contributed by atoms with Gasteiger partial charge in [0.05, 0.1) is 10.7 Å². The molecule has 0 aromatic heterocycles. The van der Waals surface area contributed by atoms with Crippen LogP contribution < -0.4 is 10.6 Å². The van der Waals surface area contributed by atoms with Crippen molar-refractivity contribution in [3.05, 3.63) is 28.8 Å². The molecular formula is C14H21ClN2O2. The number of carbonyl (C=O) groups is 1. The molecule has 0 saturated carbocycles. The Balaban J connectivity index is 2.45. The van der Waals surface area contributed by atoms with Gasteiger partial charge < -0.3 is 15.4 Å². The molecule has 0 aliphatic heterocycles. The maximum Gasteiger partial charge on any atom is 0.242 e. The topological polar surface area (TPSA) is 50.4 Å². The van der Waals surface area contributed by atoms with E-state index >= 15 is 0 Å². The van der Waals surface area contributed by atoms with Gasteiger partial charge in [0, 0.05) is 20.3 Å². The molecule has 4 nitrogen and oxygen atoms in total. The number of amides is 1. The van der Waals surface area contributed by atoms with E-state index in [-0.39, 0.29) is 11.9 Å². The lowest BCUT2D eigenvalue weighted by atomic mass is 10.2. The maximum absolute atomic E-state index is 11.8. The standard InChI is InChI=1S/C14H21ClN2O2/c1-10-5-6-13(12(15)9-10)17-11(2)14(18)16-7-4-8-19-3/h5-6,9,11,17H,4,7-8H2,1-3H3,(H,16,18). The Kier molecular flexibility index (Phi) is 6.67. The summed E-state index contributed by atoms with van der Waals surface area (Å²) in [6, 6.07) is 5.37. The molecule has 0 fully saturated rings. The van der Waals surface area contributed by atoms with Crippen molar-refractivity contribution < 1.29 is 9.53 Å². The molecule has 19 heavy (non-hydrogen) atoms. The molecule has 5 heteroatoms. The molecule has 0 aliphatic rings. The summed E-state index contributed by atoms with van der Waals surface area (Å²) in [5.74, 6) is -0.0484. The Morgan fingerprint density at radius 3 is 2.84 bits per heavy atom. The summed E-state index contributed by atoms with van der Waals surface area (Å²) in [7, 11) is 1.64. The smallest absolute Gasteiger partial charge is 0.242 e. The molecule has 1 aromatic rings. The number of ether oxygens (including phenoxy) is 1. The van der Waals surface area contributed by atoms with Crippen LogP contribution >= 0.6 is 11.6 Å². The zero-order valence-corrected chi connectivity index (χ0v) is 12.4. The minimum atomic E-state index is -0.331. The van der Waals surface area contributed by atoms with Gasteiger partial charge in [-0.05, 0) is 38.0 Å². The lowest BCUT2D eigenvalue weighted by Gasteiger charge is -2.16. The van der Waals surface area contributed by atoms with Crippen LogP contribution in [0.5, 0.6) is 0 Å². The molecule has 0 heterocycles. The fourth-order valence-electron chi connectivity index (χ4n) is 1.62. The largest absolute Gasteiger partial charge is 0.385 e. The molecular weight excluding hydrogens is 264 g/mol. The third-order valence-electron chi connectivity index (χ3n) is 2.71. The average molecular weight is 285 g/mol. The SMILES string of the molecule is COCCCNC(=O)C(C)Nc1ccc(C)cc1Cl. The number of halogens is 1. The van der Waals surface area contributed by atoms with Crippen LogP contribution in [0, 0.1) is 6.92 Å². The van der Waals surface area contributed by atoms with E-state index in [0.717, 1.165) is 17.7 Å². The average Bonchev–Trinajstić information content (AvgIpc) is 2.37. The molecule has 1 aromatic carbocycles. The number of carbonyl (C=O) groups excluding carboxylic acids is 1. The van der Waals surface area contributed by atoms with Crippen LogP contribution in [0.2, 0.25) is 5.02 Å². The predicted molar refractivity (Wildman–Crippen MR) is 78.8 cm³/mol. The first-order chi connectivity index (χ1) is 9.04. The molecule has 0 spiro atoms. The van der Waals surface area contributed by atoms with E-state index in [9.17, 15) is 4.79 Å². The van der Waals surface area contributed by atoms with Crippen molar-refractivity contribution in [1.29, 1.82) is 0 Å². The summed E-state index contributed by atoms with van der Waals surface area (Å²) >= 11 is 6.11. The van der Waals surface area contributed by atoms with Crippen molar-refractivity contribution in [3.63, 3.8) is 0 Å². The Labute approximate surface area is 119 Å². The second-order valence-electron chi connectivity index (χ2n) is 4.49. The minimum absolute atomic E-state index is 0.0484. The highest BCUT2D eigenvalue weighted by atomic mass is 35.5. The molecule has 0 saturated heterocycles. The van der Waals surface area contributed by atoms with Crippen molar-refractivity contribution in [3.8, 4) is 0 Å². The maximum atomic E-state index is 11.8. The van der Waals surface area contributed by atoms with Crippen LogP contribution in [0.25, 0.3) is 0 Å². The third-order valence-corrected chi connectivity index (χ3v) is 3.03. The van der Waals surface area contributed by atoms with Crippen LogP contribution in [-0.2, 0) is 9.53 Å². The zero-order valence-electron chi connectivity index (χ0n) is 11.6. The van der Waals surface area contributed by atoms with Gasteiger partial charge in [-0.25, -0.2) is 0 Å². The first-order valence-corrected chi connectivity index (χ1v) is 6.71. The van der Waals surface area contributed by atoms with E-state index in [1.807, 2.05) is 32.0 Å². The fourth-order valence-corrected chi connectivity index (χ4v) is 1.91. The number of hydrogen-bond acceptors (Lipinski definition) is 3. The van der Waals surface area contributed by atoms with Gasteiger partial charge in [0.1, 0.15) is 6.04 Å². The van der Waals surface area contributed by atoms with Crippen molar-refractivity contribution >= 4 is 23.2 Å². The van der Waals surface area contributed by atoms with E-state index in [4.69, 9.17) is 16.3 Å². The third kappa shape index (κ3) is 5.49. The monoisotopic (exact) mass is 284 g/mol. The van der Waals surface area contributed by atoms with E-state index in [0.29, 0.717) is 18.2 Å². The minimum Gasteiger partial charge on any atom is -0.385 e. The van der Waals surface area contributed by atoms with Gasteiger partial charge >= 0.3 is 0 Å². The Morgan fingerprint density at radius 2 is 2.21 bits per heavy atom. The number of hydrogen-bond donors (Lipinski definition) is 2. The highest BCUT2D eigenvalue weighted by molar-refractivity contribution is 6.33. The molecule has 1 rings (SSSR count). The van der Waals surface area contributed by atoms with E-state index in [2.05, 4.69) is 10.6 Å². The quantitative estimate of drug-likeness (QED) is 0.757. The fraction of sp³-hybridized carbons (Fsp3) is 0.500. The molecule has 0 aliphatic carbocycles. The number of aryl methyl sites for hydroxylation is 1. The number of methoxy groups -OCH3 is 1. The molecule has 0 bridgehead atoms. The zero-order chi connectivity index (χ0) is 14.3. The number of rotatable bonds is 7. The van der Waals surface area contributed by atoms with Gasteiger partial charge in [0.15, 0.2) is 0 Å². The van der Waals surface area contributed by atoms with Crippen molar-refractivity contribution in [1.82, 2.24) is 5.32 Å². The van der Waals surface area contributed by atoms with Crippen molar-refractivity contribution in [2.45, 2.75) is 26.3 Å². The number of anilines is 1. The summed E-state index contributed by atoms with van der Waals surface area (Å²) in [6.07, 6.45) is 0.806. The van der Waals surface area contributed by atoms with Crippen LogP contribution in [0.15, 0.2) is 18.2 Å². The van der Waals surface area contributed by atoms with Gasteiger partial charge in [-0.2, -0.15) is 0 Å². The number of benzene rings is 1. The van der Waals surface area contributed by atoms with E-state index in [1.165, 1.54) is 0 Å². The second-order valence-corrected chi connectivity index (χ2v) is 4.89. The Morgan fingerprint density at radius 1 is 1.47 bits per heavy atom. The molecule has 106 valence electrons. The highest BCUT2D eigenvalue weighted by Crippen LogP contribution is 2.23. The van der Waals surface area contributed by atoms with Gasteiger partial charge in [-0.1, -0.05) is 17.7 Å². The molecule has 1 amide bonds. The Bertz CT molecular complexity index is 424. The Hall–Kier alpha value is -1.26. The van der Waals surface area contributed by atoms with Crippen molar-refractivity contribution in [2.24, 2.45) is 0 Å². The van der Waals surface area contributed by atoms with Gasteiger partial charge in [-0.3, -0.25) is 4.79 Å². The summed E-state index contributed by atoms with van der Waals surface area (Å²) in [5, 5.41) is 6.57. The molecule has 1 unspecified atom stereocenters. The summed E-state index contributed by atoms with van der Waals surface area (Å²) in [5.41, 5.74) is 1.86. The summed E-state index contributed by atoms with van der Waals surface area (Å²) in [6.45, 7) is 5.04. The first-order valence-electron chi connectivity index (χ1n) is 6.34. The van der Waals surface area contributed by atoms with Gasteiger partial charge in [0.2, 0.25) is 5.91 Å². The second kappa shape index (κ2) is 8.02. The van der Waals surface area contributed by atoms with Crippen LogP contribution in [0.1, 0.15) is 18.9 Å². The summed E-state index contributed by atoms with van der Waals surface area (Å²) in [4.78, 5) is 11.8. The lowest BCUT2D eigenvalue weighted by Crippen LogP contribution is -2.38. The first kappa shape index (κ1) is 15.8. The lowest BCUT2D eigenvalue weighted by molar-refractivity contribution is -0.121. The summed E-state index contributed by atoms with van der Waals surface area (Å²) < 4.78 is 4.92.